The molecule has 0 bridgehead atoms. The Morgan fingerprint density at radius 1 is 1.21 bits per heavy atom. The molecule has 100 valence electrons. The van der Waals surface area contributed by atoms with Gasteiger partial charge in [0.05, 0.1) is 5.69 Å². The maximum Gasteiger partial charge on any atom is 0.272 e. The summed E-state index contributed by atoms with van der Waals surface area (Å²) in [6, 6.07) is 3.94. The number of nitrogens with one attached hydrogen (secondary N) is 2. The summed E-state index contributed by atoms with van der Waals surface area (Å²) in [7, 11) is 0. The third-order valence-electron chi connectivity index (χ3n) is 4.17. The van der Waals surface area contributed by atoms with Crippen LogP contribution in [-0.4, -0.2) is 21.1 Å². The predicted octanol–water partition coefficient (Wildman–Crippen LogP) is 1.71. The minimum Gasteiger partial charge on any atom is -0.309 e. The second-order valence-electron chi connectivity index (χ2n) is 5.70. The predicted molar refractivity (Wildman–Crippen MR) is 72.4 cm³/mol. The summed E-state index contributed by atoms with van der Waals surface area (Å²) >= 11 is 0. The largest absolute Gasteiger partial charge is 0.309 e. The van der Waals surface area contributed by atoms with Crippen molar-refractivity contribution in [3.63, 3.8) is 0 Å². The van der Waals surface area contributed by atoms with Gasteiger partial charge in [0.25, 0.3) is 5.56 Å². The van der Waals surface area contributed by atoms with E-state index in [4.69, 9.17) is 0 Å². The number of H-pyrrole nitrogens is 1. The minimum atomic E-state index is -0.000673. The van der Waals surface area contributed by atoms with Crippen LogP contribution in [0.1, 0.15) is 55.5 Å². The molecule has 3 heterocycles. The number of aromatic nitrogens is 3. The lowest BCUT2D eigenvalue weighted by Crippen LogP contribution is -2.29. The average molecular weight is 258 g/mol. The van der Waals surface area contributed by atoms with Crippen LogP contribution in [0.25, 0.3) is 5.65 Å². The van der Waals surface area contributed by atoms with E-state index in [9.17, 15) is 4.79 Å². The van der Waals surface area contributed by atoms with E-state index >= 15 is 0 Å². The Morgan fingerprint density at radius 2 is 2.11 bits per heavy atom. The quantitative estimate of drug-likeness (QED) is 0.862. The molecule has 4 rings (SSSR count). The number of rotatable bonds is 2. The highest BCUT2D eigenvalue weighted by molar-refractivity contribution is 5.42. The summed E-state index contributed by atoms with van der Waals surface area (Å²) in [5.74, 6) is 0.609. The van der Waals surface area contributed by atoms with E-state index in [0.29, 0.717) is 5.92 Å². The lowest BCUT2D eigenvalue weighted by atomic mass is 10.0. The fourth-order valence-electron chi connectivity index (χ4n) is 2.91. The Balaban J connectivity index is 1.77. The van der Waals surface area contributed by atoms with E-state index in [1.807, 2.05) is 6.07 Å². The Bertz CT molecular complexity index is 662. The number of hydrogen-bond acceptors (Lipinski definition) is 3. The van der Waals surface area contributed by atoms with Crippen LogP contribution in [0.2, 0.25) is 0 Å². The zero-order valence-electron chi connectivity index (χ0n) is 10.9. The summed E-state index contributed by atoms with van der Waals surface area (Å²) in [6.07, 6.45) is 5.94. The molecule has 1 saturated heterocycles. The second kappa shape index (κ2) is 4.20. The van der Waals surface area contributed by atoms with Crippen molar-refractivity contribution >= 4 is 5.65 Å². The zero-order valence-corrected chi connectivity index (χ0v) is 10.9. The van der Waals surface area contributed by atoms with Crippen LogP contribution in [0.3, 0.4) is 0 Å². The molecule has 1 unspecified atom stereocenters. The average Bonchev–Trinajstić information content (AvgIpc) is 3.20. The van der Waals surface area contributed by atoms with Crippen LogP contribution < -0.4 is 10.9 Å². The molecule has 0 amide bonds. The lowest BCUT2D eigenvalue weighted by Gasteiger charge is -2.22. The van der Waals surface area contributed by atoms with E-state index in [0.717, 1.165) is 30.0 Å². The SMILES string of the molecule is O=c1cc(C2CCCCN2)nc2cc(C3CC3)[nH]n12. The lowest BCUT2D eigenvalue weighted by molar-refractivity contribution is 0.405. The first-order valence-electron chi connectivity index (χ1n) is 7.17. The first-order chi connectivity index (χ1) is 9.31. The number of nitrogens with zero attached hydrogens (tertiary/aromatic N) is 2. The summed E-state index contributed by atoms with van der Waals surface area (Å²) in [5, 5.41) is 6.63. The van der Waals surface area contributed by atoms with Gasteiger partial charge in [-0.25, -0.2) is 9.50 Å². The van der Waals surface area contributed by atoms with Gasteiger partial charge < -0.3 is 5.32 Å². The summed E-state index contributed by atoms with van der Waals surface area (Å²) in [6.45, 7) is 1.02. The Kier molecular flexibility index (Phi) is 2.48. The molecule has 1 aliphatic carbocycles. The normalized spacial score (nSPS) is 23.9. The molecule has 2 N–H and O–H groups in total. The van der Waals surface area contributed by atoms with Gasteiger partial charge in [0.15, 0.2) is 5.65 Å². The summed E-state index contributed by atoms with van der Waals surface area (Å²) in [5.41, 5.74) is 2.81. The van der Waals surface area contributed by atoms with E-state index < -0.39 is 0 Å². The zero-order chi connectivity index (χ0) is 12.8. The molecule has 5 nitrogen and oxygen atoms in total. The Labute approximate surface area is 111 Å². The fraction of sp³-hybridized carbons (Fsp3) is 0.571. The van der Waals surface area contributed by atoms with Gasteiger partial charge in [-0.05, 0) is 32.2 Å². The molecular formula is C14H18N4O. The van der Waals surface area contributed by atoms with Crippen molar-refractivity contribution in [1.29, 1.82) is 0 Å². The number of aromatic amines is 1. The number of fused-ring (bicyclic) bond motifs is 1. The van der Waals surface area contributed by atoms with Crippen LogP contribution >= 0.6 is 0 Å². The molecule has 2 aromatic rings. The van der Waals surface area contributed by atoms with Gasteiger partial charge in [0.1, 0.15) is 0 Å². The summed E-state index contributed by atoms with van der Waals surface area (Å²) < 4.78 is 1.57. The molecule has 2 fully saturated rings. The van der Waals surface area contributed by atoms with E-state index in [-0.39, 0.29) is 11.6 Å². The Hall–Kier alpha value is -1.62. The van der Waals surface area contributed by atoms with Crippen molar-refractivity contribution in [2.45, 2.75) is 44.1 Å². The van der Waals surface area contributed by atoms with Crippen molar-refractivity contribution in [2.75, 3.05) is 6.54 Å². The molecule has 1 aliphatic heterocycles. The molecule has 0 aromatic carbocycles. The maximum atomic E-state index is 12.2. The van der Waals surface area contributed by atoms with Crippen molar-refractivity contribution in [2.24, 2.45) is 0 Å². The van der Waals surface area contributed by atoms with Crippen LogP contribution in [-0.2, 0) is 0 Å². The molecule has 2 aliphatic rings. The standard InChI is InChI=1S/C14H18N4O/c19-14-8-12(10-3-1-2-6-15-10)16-13-7-11(9-4-5-9)17-18(13)14/h7-10,15,17H,1-6H2. The number of piperidine rings is 1. The minimum absolute atomic E-state index is 0.000673. The van der Waals surface area contributed by atoms with Crippen molar-refractivity contribution in [3.8, 4) is 0 Å². The molecule has 0 radical (unpaired) electrons. The van der Waals surface area contributed by atoms with Crippen LogP contribution in [0, 0.1) is 0 Å². The first-order valence-corrected chi connectivity index (χ1v) is 7.17. The van der Waals surface area contributed by atoms with Gasteiger partial charge in [-0.15, -0.1) is 0 Å². The molecule has 19 heavy (non-hydrogen) atoms. The van der Waals surface area contributed by atoms with Gasteiger partial charge in [-0.1, -0.05) is 6.42 Å². The van der Waals surface area contributed by atoms with Gasteiger partial charge in [0.2, 0.25) is 0 Å². The molecule has 0 spiro atoms. The van der Waals surface area contributed by atoms with Crippen molar-refractivity contribution < 1.29 is 0 Å². The van der Waals surface area contributed by atoms with Crippen molar-refractivity contribution in [3.05, 3.63) is 33.9 Å². The Morgan fingerprint density at radius 3 is 2.84 bits per heavy atom. The summed E-state index contributed by atoms with van der Waals surface area (Å²) in [4.78, 5) is 16.8. The molecule has 2 aromatic heterocycles. The third-order valence-corrected chi connectivity index (χ3v) is 4.17. The van der Waals surface area contributed by atoms with Crippen LogP contribution in [0.15, 0.2) is 16.9 Å². The van der Waals surface area contributed by atoms with Crippen LogP contribution in [0.5, 0.6) is 0 Å². The van der Waals surface area contributed by atoms with Gasteiger partial charge in [-0.3, -0.25) is 9.89 Å². The molecule has 1 atom stereocenters. The smallest absolute Gasteiger partial charge is 0.272 e. The maximum absolute atomic E-state index is 12.2. The van der Waals surface area contributed by atoms with E-state index in [1.54, 1.807) is 10.6 Å². The monoisotopic (exact) mass is 258 g/mol. The van der Waals surface area contributed by atoms with E-state index in [2.05, 4.69) is 15.4 Å². The number of hydrogen-bond donors (Lipinski definition) is 2. The van der Waals surface area contributed by atoms with Crippen molar-refractivity contribution in [1.82, 2.24) is 19.9 Å². The molecule has 1 saturated carbocycles. The van der Waals surface area contributed by atoms with Gasteiger partial charge >= 0.3 is 0 Å². The topological polar surface area (TPSA) is 62.2 Å². The van der Waals surface area contributed by atoms with Crippen LogP contribution in [0.4, 0.5) is 0 Å². The first kappa shape index (κ1) is 11.2. The highest BCUT2D eigenvalue weighted by atomic mass is 16.1. The van der Waals surface area contributed by atoms with Gasteiger partial charge in [0, 0.05) is 29.8 Å². The third kappa shape index (κ3) is 1.98. The highest BCUT2D eigenvalue weighted by Gasteiger charge is 2.26. The molecular weight excluding hydrogens is 240 g/mol. The highest BCUT2D eigenvalue weighted by Crippen LogP contribution is 2.39. The molecule has 5 heteroatoms. The van der Waals surface area contributed by atoms with E-state index in [1.165, 1.54) is 25.7 Å². The second-order valence-corrected chi connectivity index (χ2v) is 5.70. The fourth-order valence-corrected chi connectivity index (χ4v) is 2.91. The van der Waals surface area contributed by atoms with Gasteiger partial charge in [-0.2, -0.15) is 0 Å².